The van der Waals surface area contributed by atoms with Crippen molar-refractivity contribution in [3.8, 4) is 0 Å². The number of amides is 1. The molecule has 2 spiro atoms. The maximum Gasteiger partial charge on any atom is 0.252 e. The molecule has 2 bridgehead atoms. The van der Waals surface area contributed by atoms with Crippen LogP contribution in [0.3, 0.4) is 0 Å². The third-order valence-corrected chi connectivity index (χ3v) is 7.89. The number of carbonyl (C=O) groups is 1. The summed E-state index contributed by atoms with van der Waals surface area (Å²) in [6.45, 7) is 5.41. The van der Waals surface area contributed by atoms with E-state index in [2.05, 4.69) is 48.0 Å². The van der Waals surface area contributed by atoms with E-state index in [1.54, 1.807) is 7.11 Å². The van der Waals surface area contributed by atoms with Crippen molar-refractivity contribution in [2.45, 2.75) is 56.0 Å². The standard InChI is InChI=1S/C22H25N3O2/c1-20(2)16-12-21-9-6-10-25(21)19(26)22(16,24-18(21)27-3)11-14-13-7-4-5-8-15(13)23-17(14)20/h4-5,7-8,16,23H,6,9-12H2,1-3H3/t16-,21+,22+/m0/s1. The number of methoxy groups -OCH3 is 1. The number of aliphatic imine (C=N–C) groups is 1. The van der Waals surface area contributed by atoms with E-state index in [4.69, 9.17) is 9.73 Å². The minimum atomic E-state index is -0.723. The Hall–Kier alpha value is -2.30. The van der Waals surface area contributed by atoms with E-state index in [0.717, 1.165) is 37.2 Å². The van der Waals surface area contributed by atoms with E-state index in [1.807, 2.05) is 0 Å². The van der Waals surface area contributed by atoms with Gasteiger partial charge in [0.2, 0.25) is 5.90 Å². The Morgan fingerprint density at radius 3 is 2.93 bits per heavy atom. The quantitative estimate of drug-likeness (QED) is 0.782. The molecule has 1 aromatic carbocycles. The molecular formula is C22H25N3O2. The molecule has 0 saturated carbocycles. The normalized spacial score (nSPS) is 35.7. The largest absolute Gasteiger partial charge is 0.483 e. The molecule has 5 aliphatic rings. The molecular weight excluding hydrogens is 338 g/mol. The zero-order valence-corrected chi connectivity index (χ0v) is 16.1. The molecule has 5 nitrogen and oxygen atoms in total. The number of H-pyrrole nitrogens is 1. The van der Waals surface area contributed by atoms with E-state index in [1.165, 1.54) is 16.6 Å². The number of aromatic amines is 1. The summed E-state index contributed by atoms with van der Waals surface area (Å²) in [6.07, 6.45) is 3.62. The van der Waals surface area contributed by atoms with Crippen molar-refractivity contribution in [3.63, 3.8) is 0 Å². The van der Waals surface area contributed by atoms with Gasteiger partial charge in [-0.2, -0.15) is 0 Å². The lowest BCUT2D eigenvalue weighted by molar-refractivity contribution is -0.154. The van der Waals surface area contributed by atoms with Gasteiger partial charge in [0.15, 0.2) is 5.54 Å². The number of piperidine rings is 1. The second-order valence-electron chi connectivity index (χ2n) is 9.32. The van der Waals surface area contributed by atoms with Crippen LogP contribution in [0.5, 0.6) is 0 Å². The van der Waals surface area contributed by atoms with Gasteiger partial charge in [0.1, 0.15) is 5.54 Å². The van der Waals surface area contributed by atoms with Crippen molar-refractivity contribution in [3.05, 3.63) is 35.5 Å². The first-order chi connectivity index (χ1) is 12.9. The molecule has 0 unspecified atom stereocenters. The van der Waals surface area contributed by atoms with Gasteiger partial charge in [0.05, 0.1) is 7.11 Å². The average Bonchev–Trinajstić information content (AvgIpc) is 3.25. The van der Waals surface area contributed by atoms with Crippen molar-refractivity contribution < 1.29 is 9.53 Å². The maximum atomic E-state index is 13.8. The van der Waals surface area contributed by atoms with Gasteiger partial charge >= 0.3 is 0 Å². The summed E-state index contributed by atoms with van der Waals surface area (Å²) in [7, 11) is 1.71. The van der Waals surface area contributed by atoms with Gasteiger partial charge in [0.25, 0.3) is 5.91 Å². The van der Waals surface area contributed by atoms with Gasteiger partial charge in [-0.1, -0.05) is 32.0 Å². The third-order valence-electron chi connectivity index (χ3n) is 7.89. The first kappa shape index (κ1) is 15.7. The Labute approximate surface area is 158 Å². The molecule has 1 amide bonds. The molecule has 2 fully saturated rings. The number of hydrogen-bond donors (Lipinski definition) is 1. The smallest absolute Gasteiger partial charge is 0.252 e. The molecule has 4 aliphatic heterocycles. The fourth-order valence-electron chi connectivity index (χ4n) is 6.70. The van der Waals surface area contributed by atoms with Gasteiger partial charge in [-0.3, -0.25) is 4.79 Å². The van der Waals surface area contributed by atoms with Crippen molar-refractivity contribution in [1.29, 1.82) is 0 Å². The predicted molar refractivity (Wildman–Crippen MR) is 104 cm³/mol. The van der Waals surface area contributed by atoms with Gasteiger partial charge in [-0.05, 0) is 30.9 Å². The van der Waals surface area contributed by atoms with Crippen LogP contribution in [-0.2, 0) is 21.4 Å². The number of rotatable bonds is 0. The maximum absolute atomic E-state index is 13.8. The summed E-state index contributed by atoms with van der Waals surface area (Å²) in [6, 6.07) is 8.43. The second-order valence-corrected chi connectivity index (χ2v) is 9.32. The van der Waals surface area contributed by atoms with Crippen LogP contribution in [0.15, 0.2) is 29.3 Å². The van der Waals surface area contributed by atoms with E-state index in [9.17, 15) is 4.79 Å². The lowest BCUT2D eigenvalue weighted by Crippen LogP contribution is -2.75. The molecule has 1 N–H and O–H groups in total. The number of benzene rings is 1. The van der Waals surface area contributed by atoms with E-state index < -0.39 is 5.54 Å². The number of para-hydroxylation sites is 1. The Morgan fingerprint density at radius 2 is 2.11 bits per heavy atom. The highest BCUT2D eigenvalue weighted by Gasteiger charge is 2.71. The van der Waals surface area contributed by atoms with Gasteiger partial charge in [-0.15, -0.1) is 0 Å². The molecule has 27 heavy (non-hydrogen) atoms. The zero-order chi connectivity index (χ0) is 18.6. The van der Waals surface area contributed by atoms with Crippen molar-refractivity contribution >= 4 is 22.7 Å². The highest BCUT2D eigenvalue weighted by Crippen LogP contribution is 2.60. The first-order valence-corrected chi connectivity index (χ1v) is 10.0. The molecule has 2 aromatic rings. The monoisotopic (exact) mass is 363 g/mol. The van der Waals surface area contributed by atoms with Gasteiger partial charge < -0.3 is 14.6 Å². The van der Waals surface area contributed by atoms with Crippen LogP contribution in [-0.4, -0.2) is 46.4 Å². The number of ether oxygens (including phenoxy) is 1. The van der Waals surface area contributed by atoms with Crippen LogP contribution in [0, 0.1) is 5.92 Å². The number of hydrogen-bond acceptors (Lipinski definition) is 3. The van der Waals surface area contributed by atoms with Crippen LogP contribution >= 0.6 is 0 Å². The Morgan fingerprint density at radius 1 is 1.30 bits per heavy atom. The molecule has 1 aromatic heterocycles. The number of carbonyl (C=O) groups excluding carboxylic acids is 1. The van der Waals surface area contributed by atoms with Crippen LogP contribution in [0.25, 0.3) is 10.9 Å². The molecule has 5 heterocycles. The van der Waals surface area contributed by atoms with Crippen LogP contribution in [0.4, 0.5) is 0 Å². The van der Waals surface area contributed by atoms with E-state index >= 15 is 0 Å². The number of aromatic nitrogens is 1. The summed E-state index contributed by atoms with van der Waals surface area (Å²) in [5.41, 5.74) is 2.51. The minimum Gasteiger partial charge on any atom is -0.483 e. The molecule has 140 valence electrons. The molecule has 7 rings (SSSR count). The SMILES string of the molecule is COC1=N[C@]23Cc4c([nH]c5ccccc45)C(C)(C)[C@@H]2C[C@]12CCCN2C3=O. The fourth-order valence-corrected chi connectivity index (χ4v) is 6.70. The van der Waals surface area contributed by atoms with E-state index in [-0.39, 0.29) is 22.8 Å². The van der Waals surface area contributed by atoms with Crippen molar-refractivity contribution in [1.82, 2.24) is 9.88 Å². The molecule has 1 aliphatic carbocycles. The predicted octanol–water partition coefficient (Wildman–Crippen LogP) is 3.18. The Kier molecular flexibility index (Phi) is 2.66. The summed E-state index contributed by atoms with van der Waals surface area (Å²) >= 11 is 0. The van der Waals surface area contributed by atoms with Gasteiger partial charge in [-0.25, -0.2) is 4.99 Å². The third kappa shape index (κ3) is 1.56. The topological polar surface area (TPSA) is 57.7 Å². The molecule has 2 saturated heterocycles. The van der Waals surface area contributed by atoms with E-state index in [0.29, 0.717) is 6.42 Å². The lowest BCUT2D eigenvalue weighted by atomic mass is 9.52. The zero-order valence-electron chi connectivity index (χ0n) is 16.1. The second kappa shape index (κ2) is 4.57. The molecule has 5 heteroatoms. The summed E-state index contributed by atoms with van der Waals surface area (Å²) in [5.74, 6) is 1.20. The molecule has 0 radical (unpaired) electrons. The van der Waals surface area contributed by atoms with Crippen molar-refractivity contribution in [2.75, 3.05) is 13.7 Å². The number of nitrogens with zero attached hydrogens (tertiary/aromatic N) is 2. The van der Waals surface area contributed by atoms with Gasteiger partial charge in [0, 0.05) is 40.9 Å². The summed E-state index contributed by atoms with van der Waals surface area (Å²) in [5, 5.41) is 1.22. The average molecular weight is 363 g/mol. The van der Waals surface area contributed by atoms with Crippen molar-refractivity contribution in [2.24, 2.45) is 10.9 Å². The van der Waals surface area contributed by atoms with Crippen LogP contribution < -0.4 is 0 Å². The summed E-state index contributed by atoms with van der Waals surface area (Å²) in [4.78, 5) is 24.7. The highest BCUT2D eigenvalue weighted by molar-refractivity contribution is 6.04. The molecule has 3 atom stereocenters. The number of fused-ring (bicyclic) bond motifs is 3. The Bertz CT molecular complexity index is 1040. The Balaban J connectivity index is 1.66. The fraction of sp³-hybridized carbons (Fsp3) is 0.545. The lowest BCUT2D eigenvalue weighted by Gasteiger charge is -2.61. The van der Waals surface area contributed by atoms with Crippen LogP contribution in [0.2, 0.25) is 0 Å². The summed E-state index contributed by atoms with van der Waals surface area (Å²) < 4.78 is 5.80. The first-order valence-electron chi connectivity index (χ1n) is 10.0. The number of nitrogens with one attached hydrogen (secondary N) is 1. The highest BCUT2D eigenvalue weighted by atomic mass is 16.5. The minimum absolute atomic E-state index is 0.146. The van der Waals surface area contributed by atoms with Crippen LogP contribution in [0.1, 0.15) is 44.4 Å².